The van der Waals surface area contributed by atoms with E-state index in [4.69, 9.17) is 15.9 Å². The zero-order valence-electron chi connectivity index (χ0n) is 20.0. The minimum absolute atomic E-state index is 0.000561. The van der Waals surface area contributed by atoms with Crippen molar-refractivity contribution in [3.63, 3.8) is 0 Å². The molecule has 0 aliphatic rings. The largest absolute Gasteiger partial charge is 0.481 e. The van der Waals surface area contributed by atoms with Gasteiger partial charge in [0.2, 0.25) is 17.7 Å². The highest BCUT2D eigenvalue weighted by molar-refractivity contribution is 5.95. The number of carboxylic acid groups (broad SMARTS) is 3. The summed E-state index contributed by atoms with van der Waals surface area (Å²) in [7, 11) is 0. The van der Waals surface area contributed by atoms with Gasteiger partial charge in [0.1, 0.15) is 18.1 Å². The zero-order chi connectivity index (χ0) is 27.4. The Morgan fingerprint density at radius 2 is 1.39 bits per heavy atom. The monoisotopic (exact) mass is 508 g/mol. The molecule has 13 nitrogen and oxygen atoms in total. The first-order valence-corrected chi connectivity index (χ1v) is 11.2. The number of nitrogens with two attached hydrogens (primary N) is 1. The lowest BCUT2D eigenvalue weighted by molar-refractivity contribution is -0.142. The van der Waals surface area contributed by atoms with Crippen LogP contribution in [0.3, 0.4) is 0 Å². The van der Waals surface area contributed by atoms with Gasteiger partial charge in [0.15, 0.2) is 0 Å². The molecule has 4 atom stereocenters. The van der Waals surface area contributed by atoms with Gasteiger partial charge in [-0.15, -0.1) is 0 Å². The van der Waals surface area contributed by atoms with Gasteiger partial charge in [0.25, 0.3) is 0 Å². The maximum atomic E-state index is 12.9. The Morgan fingerprint density at radius 1 is 0.806 bits per heavy atom. The Bertz CT molecular complexity index is 952. The number of nitrogens with one attached hydrogen (secondary N) is 3. The van der Waals surface area contributed by atoms with Crippen LogP contribution in [-0.4, -0.2) is 75.1 Å². The lowest BCUT2D eigenvalue weighted by Gasteiger charge is -2.27. The molecule has 4 unspecified atom stereocenters. The Hall–Kier alpha value is -4.00. The maximum Gasteiger partial charge on any atom is 0.326 e. The van der Waals surface area contributed by atoms with Gasteiger partial charge in [-0.05, 0) is 17.9 Å². The van der Waals surface area contributed by atoms with Crippen LogP contribution >= 0.6 is 0 Å². The SMILES string of the molecule is CC(C)C(NC(=O)C(CCC(=O)O)NC(=O)C(N)CC(=O)O)C(=O)NC(Cc1ccccc1)C(=O)O. The third-order valence-electron chi connectivity index (χ3n) is 5.16. The molecular weight excluding hydrogens is 476 g/mol. The molecule has 0 aliphatic heterocycles. The number of amides is 3. The van der Waals surface area contributed by atoms with Gasteiger partial charge in [0.05, 0.1) is 12.5 Å². The summed E-state index contributed by atoms with van der Waals surface area (Å²) in [5.74, 6) is -7.06. The van der Waals surface area contributed by atoms with E-state index in [2.05, 4.69) is 16.0 Å². The van der Waals surface area contributed by atoms with Crippen LogP contribution in [0.4, 0.5) is 0 Å². The Labute approximate surface area is 207 Å². The highest BCUT2D eigenvalue weighted by Crippen LogP contribution is 2.08. The molecule has 0 spiro atoms. The molecule has 0 heterocycles. The van der Waals surface area contributed by atoms with Crippen LogP contribution < -0.4 is 21.7 Å². The van der Waals surface area contributed by atoms with Crippen LogP contribution in [0.2, 0.25) is 0 Å². The fourth-order valence-corrected chi connectivity index (χ4v) is 3.20. The molecule has 36 heavy (non-hydrogen) atoms. The first-order chi connectivity index (χ1) is 16.8. The molecule has 0 saturated carbocycles. The number of aliphatic carboxylic acids is 3. The van der Waals surface area contributed by atoms with Gasteiger partial charge >= 0.3 is 17.9 Å². The van der Waals surface area contributed by atoms with Gasteiger partial charge in [-0.1, -0.05) is 44.2 Å². The molecule has 198 valence electrons. The van der Waals surface area contributed by atoms with Crippen molar-refractivity contribution in [2.45, 2.75) is 63.7 Å². The number of carboxylic acids is 3. The number of carbonyl (C=O) groups is 6. The second-order valence-corrected chi connectivity index (χ2v) is 8.52. The molecule has 0 fully saturated rings. The average molecular weight is 509 g/mol. The van der Waals surface area contributed by atoms with Gasteiger partial charge < -0.3 is 37.0 Å². The zero-order valence-corrected chi connectivity index (χ0v) is 20.0. The van der Waals surface area contributed by atoms with Gasteiger partial charge in [-0.2, -0.15) is 0 Å². The summed E-state index contributed by atoms with van der Waals surface area (Å²) < 4.78 is 0. The number of hydrogen-bond acceptors (Lipinski definition) is 7. The van der Waals surface area contributed by atoms with Gasteiger partial charge in [-0.25, -0.2) is 4.79 Å². The van der Waals surface area contributed by atoms with E-state index in [9.17, 15) is 33.9 Å². The Morgan fingerprint density at radius 3 is 1.89 bits per heavy atom. The van der Waals surface area contributed by atoms with E-state index >= 15 is 0 Å². The molecule has 13 heteroatoms. The van der Waals surface area contributed by atoms with Crippen molar-refractivity contribution in [1.29, 1.82) is 0 Å². The van der Waals surface area contributed by atoms with Crippen LogP contribution in [0.5, 0.6) is 0 Å². The third kappa shape index (κ3) is 10.5. The normalized spacial score (nSPS) is 14.1. The van der Waals surface area contributed by atoms with Crippen molar-refractivity contribution in [3.8, 4) is 0 Å². The van der Waals surface area contributed by atoms with Crippen molar-refractivity contribution in [3.05, 3.63) is 35.9 Å². The summed E-state index contributed by atoms with van der Waals surface area (Å²) in [5, 5.41) is 34.4. The molecule has 0 saturated heterocycles. The average Bonchev–Trinajstić information content (AvgIpc) is 2.79. The molecule has 0 aromatic heterocycles. The minimum atomic E-state index is -1.49. The first-order valence-electron chi connectivity index (χ1n) is 11.2. The van der Waals surface area contributed by atoms with Crippen molar-refractivity contribution in [1.82, 2.24) is 16.0 Å². The van der Waals surface area contributed by atoms with E-state index in [1.165, 1.54) is 0 Å². The molecule has 8 N–H and O–H groups in total. The van der Waals surface area contributed by atoms with Crippen LogP contribution in [0.1, 0.15) is 38.7 Å². The van der Waals surface area contributed by atoms with Crippen LogP contribution in [0.15, 0.2) is 30.3 Å². The van der Waals surface area contributed by atoms with Crippen LogP contribution in [-0.2, 0) is 35.2 Å². The Balaban J connectivity index is 2.98. The van der Waals surface area contributed by atoms with Crippen LogP contribution in [0, 0.1) is 5.92 Å². The van der Waals surface area contributed by atoms with E-state index < -0.39 is 78.6 Å². The summed E-state index contributed by atoms with van der Waals surface area (Å²) in [5.41, 5.74) is 6.18. The molecule has 0 radical (unpaired) electrons. The summed E-state index contributed by atoms with van der Waals surface area (Å²) >= 11 is 0. The van der Waals surface area contributed by atoms with Crippen molar-refractivity contribution < 1.29 is 44.1 Å². The highest BCUT2D eigenvalue weighted by atomic mass is 16.4. The lowest BCUT2D eigenvalue weighted by atomic mass is 10.00. The second-order valence-electron chi connectivity index (χ2n) is 8.52. The number of carbonyl (C=O) groups excluding carboxylic acids is 3. The predicted octanol–water partition coefficient (Wildman–Crippen LogP) is -0.909. The van der Waals surface area contributed by atoms with Crippen molar-refractivity contribution >= 4 is 35.6 Å². The quantitative estimate of drug-likeness (QED) is 0.154. The van der Waals surface area contributed by atoms with E-state index in [0.29, 0.717) is 5.56 Å². The van der Waals surface area contributed by atoms with Gasteiger partial charge in [0, 0.05) is 12.8 Å². The number of hydrogen-bond donors (Lipinski definition) is 7. The fourth-order valence-electron chi connectivity index (χ4n) is 3.20. The number of rotatable bonds is 15. The molecule has 1 aromatic carbocycles. The third-order valence-corrected chi connectivity index (χ3v) is 5.16. The number of benzene rings is 1. The first kappa shape index (κ1) is 30.0. The van der Waals surface area contributed by atoms with Gasteiger partial charge in [-0.3, -0.25) is 24.0 Å². The minimum Gasteiger partial charge on any atom is -0.481 e. The standard InChI is InChI=1S/C23H32N4O9/c1-12(2)19(22(34)26-16(23(35)36)10-13-6-4-3-5-7-13)27-21(33)15(8-9-17(28)29)25-20(32)14(24)11-18(30)31/h3-7,12,14-16,19H,8-11,24H2,1-2H3,(H,25,32)(H,26,34)(H,27,33)(H,28,29)(H,30,31)(H,35,36). The van der Waals surface area contributed by atoms with E-state index in [1.807, 2.05) is 0 Å². The Kier molecular flexibility index (Phi) is 12.0. The van der Waals surface area contributed by atoms with E-state index in [1.54, 1.807) is 44.2 Å². The predicted molar refractivity (Wildman–Crippen MR) is 126 cm³/mol. The molecule has 3 amide bonds. The van der Waals surface area contributed by atoms with Crippen molar-refractivity contribution in [2.24, 2.45) is 11.7 Å². The molecular formula is C23H32N4O9. The molecule has 0 bridgehead atoms. The highest BCUT2D eigenvalue weighted by Gasteiger charge is 2.32. The topological polar surface area (TPSA) is 225 Å². The molecule has 1 aromatic rings. The molecule has 1 rings (SSSR count). The summed E-state index contributed by atoms with van der Waals surface area (Å²) in [6.45, 7) is 3.20. The summed E-state index contributed by atoms with van der Waals surface area (Å²) in [4.78, 5) is 71.5. The van der Waals surface area contributed by atoms with Crippen LogP contribution in [0.25, 0.3) is 0 Å². The van der Waals surface area contributed by atoms with E-state index in [-0.39, 0.29) is 12.8 Å². The van der Waals surface area contributed by atoms with E-state index in [0.717, 1.165) is 0 Å². The molecule has 0 aliphatic carbocycles. The van der Waals surface area contributed by atoms with Crippen molar-refractivity contribution in [2.75, 3.05) is 0 Å². The summed E-state index contributed by atoms with van der Waals surface area (Å²) in [6.07, 6.45) is -1.58. The fraction of sp³-hybridized carbons (Fsp3) is 0.478. The smallest absolute Gasteiger partial charge is 0.326 e. The lowest BCUT2D eigenvalue weighted by Crippen LogP contribution is -2.58. The maximum absolute atomic E-state index is 12.9. The second kappa shape index (κ2) is 14.4. The summed E-state index contributed by atoms with van der Waals surface area (Å²) in [6, 6.07) is 3.20.